The van der Waals surface area contributed by atoms with Gasteiger partial charge >= 0.3 is 0 Å². The van der Waals surface area contributed by atoms with E-state index in [4.69, 9.17) is 0 Å². The maximum absolute atomic E-state index is 11.4. The normalized spacial score (nSPS) is 24.7. The van der Waals surface area contributed by atoms with Crippen molar-refractivity contribution >= 4 is 23.5 Å². The lowest BCUT2D eigenvalue weighted by Crippen LogP contribution is -2.32. The molecule has 1 amide bonds. The van der Waals surface area contributed by atoms with Crippen LogP contribution in [-0.4, -0.2) is 41.2 Å². The van der Waals surface area contributed by atoms with Crippen molar-refractivity contribution in [2.45, 2.75) is 19.3 Å². The molecule has 0 spiro atoms. The monoisotopic (exact) mass is 213 g/mol. The van der Waals surface area contributed by atoms with Crippen LogP contribution in [0.2, 0.25) is 0 Å². The number of Topliss-reactive ketones (excluding diaryl/α,β-unsaturated/α-hetero) is 1. The van der Waals surface area contributed by atoms with E-state index in [2.05, 4.69) is 0 Å². The number of rotatable bonds is 2. The number of likely N-dealkylation sites (tertiary alicyclic amines) is 1. The van der Waals surface area contributed by atoms with E-state index in [1.54, 1.807) is 4.90 Å². The number of carbonyl (C=O) groups excluding carboxylic acids is 2. The highest BCUT2D eigenvalue weighted by atomic mass is 32.2. The van der Waals surface area contributed by atoms with E-state index in [1.807, 2.05) is 11.8 Å². The van der Waals surface area contributed by atoms with Gasteiger partial charge in [-0.25, -0.2) is 0 Å². The molecular weight excluding hydrogens is 198 g/mol. The largest absolute Gasteiger partial charge is 0.335 e. The van der Waals surface area contributed by atoms with Crippen molar-refractivity contribution in [3.8, 4) is 0 Å². The quantitative estimate of drug-likeness (QED) is 0.640. The van der Waals surface area contributed by atoms with Crippen LogP contribution in [0.1, 0.15) is 19.3 Å². The zero-order valence-corrected chi connectivity index (χ0v) is 9.02. The molecule has 4 heteroatoms. The molecule has 2 saturated heterocycles. The zero-order valence-electron chi connectivity index (χ0n) is 8.20. The third-order valence-electron chi connectivity index (χ3n) is 2.89. The molecule has 3 nitrogen and oxygen atoms in total. The van der Waals surface area contributed by atoms with Crippen LogP contribution in [0.5, 0.6) is 0 Å². The summed E-state index contributed by atoms with van der Waals surface area (Å²) in [4.78, 5) is 24.1. The van der Waals surface area contributed by atoms with E-state index in [1.165, 1.54) is 24.3 Å². The lowest BCUT2D eigenvalue weighted by Gasteiger charge is -2.25. The van der Waals surface area contributed by atoms with Gasteiger partial charge in [0.05, 0.1) is 13.0 Å². The van der Waals surface area contributed by atoms with Gasteiger partial charge < -0.3 is 4.90 Å². The van der Waals surface area contributed by atoms with Gasteiger partial charge in [0.25, 0.3) is 0 Å². The topological polar surface area (TPSA) is 37.4 Å². The van der Waals surface area contributed by atoms with Crippen LogP contribution in [-0.2, 0) is 9.59 Å². The van der Waals surface area contributed by atoms with Crippen LogP contribution >= 0.6 is 11.8 Å². The maximum atomic E-state index is 11.4. The minimum absolute atomic E-state index is 0.0354. The van der Waals surface area contributed by atoms with Crippen LogP contribution < -0.4 is 0 Å². The van der Waals surface area contributed by atoms with E-state index >= 15 is 0 Å². The highest BCUT2D eigenvalue weighted by Gasteiger charge is 2.29. The fourth-order valence-electron chi connectivity index (χ4n) is 2.04. The van der Waals surface area contributed by atoms with E-state index in [0.29, 0.717) is 12.5 Å². The van der Waals surface area contributed by atoms with Gasteiger partial charge in [-0.05, 0) is 30.3 Å². The second-order valence-corrected chi connectivity index (χ2v) is 5.27. The minimum Gasteiger partial charge on any atom is -0.335 e. The summed E-state index contributed by atoms with van der Waals surface area (Å²) in [5.41, 5.74) is 0. The van der Waals surface area contributed by atoms with Gasteiger partial charge in [0, 0.05) is 6.54 Å². The van der Waals surface area contributed by atoms with Crippen LogP contribution in [0.15, 0.2) is 0 Å². The van der Waals surface area contributed by atoms with Crippen molar-refractivity contribution in [1.82, 2.24) is 4.90 Å². The molecule has 0 atom stereocenters. The van der Waals surface area contributed by atoms with Crippen molar-refractivity contribution in [3.05, 3.63) is 0 Å². The molecule has 0 aromatic heterocycles. The Morgan fingerprint density at radius 3 is 2.57 bits per heavy atom. The Morgan fingerprint density at radius 1 is 1.29 bits per heavy atom. The summed E-state index contributed by atoms with van der Waals surface area (Å²) in [5, 5.41) is 0. The average molecular weight is 213 g/mol. The molecule has 2 aliphatic rings. The third-order valence-corrected chi connectivity index (χ3v) is 3.94. The Balaban J connectivity index is 1.84. The fraction of sp³-hybridized carbons (Fsp3) is 0.800. The third kappa shape index (κ3) is 2.29. The van der Waals surface area contributed by atoms with Crippen molar-refractivity contribution in [2.24, 2.45) is 5.92 Å². The van der Waals surface area contributed by atoms with Gasteiger partial charge in [0.2, 0.25) is 5.91 Å². The number of carbonyl (C=O) groups is 2. The SMILES string of the molecule is O=C1CC(=O)N(CC2CCSCC2)C1. The van der Waals surface area contributed by atoms with Crippen LogP contribution in [0.3, 0.4) is 0 Å². The summed E-state index contributed by atoms with van der Waals surface area (Å²) in [6.07, 6.45) is 2.53. The molecule has 2 fully saturated rings. The first-order valence-electron chi connectivity index (χ1n) is 5.13. The molecule has 0 saturated carbocycles. The van der Waals surface area contributed by atoms with Gasteiger partial charge in [0.15, 0.2) is 5.78 Å². The number of amides is 1. The molecule has 14 heavy (non-hydrogen) atoms. The van der Waals surface area contributed by atoms with Gasteiger partial charge in [0.1, 0.15) is 0 Å². The molecule has 78 valence electrons. The van der Waals surface area contributed by atoms with E-state index in [-0.39, 0.29) is 18.1 Å². The molecule has 0 aliphatic carbocycles. The Morgan fingerprint density at radius 2 is 2.00 bits per heavy atom. The molecule has 2 aliphatic heterocycles. The number of nitrogens with zero attached hydrogens (tertiary/aromatic N) is 1. The summed E-state index contributed by atoms with van der Waals surface area (Å²) >= 11 is 1.99. The molecule has 0 bridgehead atoms. The van der Waals surface area contributed by atoms with Gasteiger partial charge in [-0.3, -0.25) is 9.59 Å². The molecule has 2 rings (SSSR count). The Bertz CT molecular complexity index is 249. The maximum Gasteiger partial charge on any atom is 0.230 e. The number of hydrogen-bond donors (Lipinski definition) is 0. The van der Waals surface area contributed by atoms with Gasteiger partial charge in [-0.1, -0.05) is 0 Å². The molecule has 0 unspecified atom stereocenters. The summed E-state index contributed by atoms with van der Waals surface area (Å²) < 4.78 is 0. The van der Waals surface area contributed by atoms with Crippen molar-refractivity contribution in [1.29, 1.82) is 0 Å². The first-order valence-corrected chi connectivity index (χ1v) is 6.28. The average Bonchev–Trinajstić information content (AvgIpc) is 2.47. The number of hydrogen-bond acceptors (Lipinski definition) is 3. The summed E-state index contributed by atoms with van der Waals surface area (Å²) in [5.74, 6) is 3.17. The molecule has 0 radical (unpaired) electrons. The number of thioether (sulfide) groups is 1. The molecule has 0 N–H and O–H groups in total. The van der Waals surface area contributed by atoms with E-state index < -0.39 is 0 Å². The highest BCUT2D eigenvalue weighted by molar-refractivity contribution is 7.99. The van der Waals surface area contributed by atoms with Crippen LogP contribution in [0.4, 0.5) is 0 Å². The van der Waals surface area contributed by atoms with Gasteiger partial charge in [-0.2, -0.15) is 11.8 Å². The molecule has 2 heterocycles. The highest BCUT2D eigenvalue weighted by Crippen LogP contribution is 2.24. The lowest BCUT2D eigenvalue weighted by atomic mass is 10.0. The Kier molecular flexibility index (Phi) is 3.11. The predicted octanol–water partition coefficient (Wildman–Crippen LogP) is 0.931. The standard InChI is InChI=1S/C10H15NO2S/c12-9-5-10(13)11(7-9)6-8-1-3-14-4-2-8/h8H,1-7H2. The summed E-state index contributed by atoms with van der Waals surface area (Å²) in [6, 6.07) is 0. The Labute approximate surface area is 88.2 Å². The molecular formula is C10H15NO2S. The first-order chi connectivity index (χ1) is 6.75. The second kappa shape index (κ2) is 4.34. The Hall–Kier alpha value is -0.510. The number of ketones is 1. The molecule has 0 aromatic carbocycles. The minimum atomic E-state index is 0.0354. The first kappa shape index (κ1) is 10.0. The fourth-order valence-corrected chi connectivity index (χ4v) is 3.25. The molecule has 0 aromatic rings. The van der Waals surface area contributed by atoms with Gasteiger partial charge in [-0.15, -0.1) is 0 Å². The van der Waals surface area contributed by atoms with Crippen LogP contribution in [0, 0.1) is 5.92 Å². The van der Waals surface area contributed by atoms with E-state index in [9.17, 15) is 9.59 Å². The van der Waals surface area contributed by atoms with Crippen molar-refractivity contribution in [2.75, 3.05) is 24.6 Å². The zero-order chi connectivity index (χ0) is 9.97. The van der Waals surface area contributed by atoms with E-state index in [0.717, 1.165) is 6.54 Å². The lowest BCUT2D eigenvalue weighted by molar-refractivity contribution is -0.128. The second-order valence-electron chi connectivity index (χ2n) is 4.05. The van der Waals surface area contributed by atoms with Crippen molar-refractivity contribution in [3.63, 3.8) is 0 Å². The van der Waals surface area contributed by atoms with Crippen LogP contribution in [0.25, 0.3) is 0 Å². The predicted molar refractivity (Wildman–Crippen MR) is 56.3 cm³/mol. The smallest absolute Gasteiger partial charge is 0.230 e. The summed E-state index contributed by atoms with van der Waals surface area (Å²) in [6.45, 7) is 1.17. The summed E-state index contributed by atoms with van der Waals surface area (Å²) in [7, 11) is 0. The van der Waals surface area contributed by atoms with Crippen molar-refractivity contribution < 1.29 is 9.59 Å².